The van der Waals surface area contributed by atoms with Crippen LogP contribution in [-0.2, 0) is 14.8 Å². The smallest absolute Gasteiger partial charge is 0.260 e. The van der Waals surface area contributed by atoms with Crippen LogP contribution in [0.4, 0.5) is 5.69 Å². The molecule has 0 spiro atoms. The molecule has 2 aromatic carbocycles. The lowest BCUT2D eigenvalue weighted by Gasteiger charge is -2.45. The molecular weight excluding hydrogens is 348 g/mol. The highest BCUT2D eigenvalue weighted by molar-refractivity contribution is 7.89. The summed E-state index contributed by atoms with van der Waals surface area (Å²) in [7, 11) is -3.75. The summed E-state index contributed by atoms with van der Waals surface area (Å²) in [5.74, 6) is 0.131. The van der Waals surface area contributed by atoms with Crippen molar-refractivity contribution in [3.05, 3.63) is 60.2 Å². The summed E-state index contributed by atoms with van der Waals surface area (Å²) < 4.78 is 28.5. The summed E-state index contributed by atoms with van der Waals surface area (Å²) in [5.41, 5.74) is 1.75. The van der Waals surface area contributed by atoms with Gasteiger partial charge in [0.2, 0.25) is 0 Å². The molecule has 1 aliphatic carbocycles. The number of benzene rings is 2. The molecule has 2 aliphatic heterocycles. The van der Waals surface area contributed by atoms with Gasteiger partial charge in [-0.2, -0.15) is 0 Å². The molecule has 2 saturated heterocycles. The molecule has 3 aliphatic rings. The maximum absolute atomic E-state index is 13.5. The quantitative estimate of drug-likeness (QED) is 0.832. The number of anilines is 1. The van der Waals surface area contributed by atoms with Crippen molar-refractivity contribution in [2.24, 2.45) is 0 Å². The largest absolute Gasteiger partial charge is 0.297 e. The van der Waals surface area contributed by atoms with Gasteiger partial charge in [0.25, 0.3) is 10.0 Å². The van der Waals surface area contributed by atoms with E-state index < -0.39 is 16.1 Å². The average Bonchev–Trinajstić information content (AvgIpc) is 2.94. The van der Waals surface area contributed by atoms with Gasteiger partial charge in [-0.3, -0.25) is 9.80 Å². The van der Waals surface area contributed by atoms with Gasteiger partial charge in [0.05, 0.1) is 16.6 Å². The Balaban J connectivity index is 1.86. The second kappa shape index (κ2) is 6.52. The zero-order valence-electron chi connectivity index (χ0n) is 14.7. The van der Waals surface area contributed by atoms with Crippen LogP contribution in [0.2, 0.25) is 0 Å². The Morgan fingerprint density at radius 3 is 2.35 bits per heavy atom. The van der Waals surface area contributed by atoms with Gasteiger partial charge in [-0.05, 0) is 50.5 Å². The first-order valence-corrected chi connectivity index (χ1v) is 10.4. The van der Waals surface area contributed by atoms with Gasteiger partial charge in [-0.15, -0.1) is 4.41 Å². The third-order valence-electron chi connectivity index (χ3n) is 5.23. The number of Topliss-reactive ketones (excluding diaryl/α,β-unsaturated/α-hetero) is 1. The second-order valence-electron chi connectivity index (χ2n) is 7.04. The number of aryl methyl sites for hydroxylation is 1. The van der Waals surface area contributed by atoms with Crippen molar-refractivity contribution >= 4 is 21.5 Å². The molecule has 5 rings (SSSR count). The number of para-hydroxylation sites is 1. The molecule has 1 saturated carbocycles. The van der Waals surface area contributed by atoms with Gasteiger partial charge in [-0.25, -0.2) is 8.42 Å². The number of ketones is 1. The van der Waals surface area contributed by atoms with Crippen molar-refractivity contribution in [1.29, 1.82) is 0 Å². The van der Waals surface area contributed by atoms with E-state index in [0.29, 0.717) is 19.3 Å². The lowest BCUT2D eigenvalue weighted by Crippen LogP contribution is -2.61. The molecule has 0 unspecified atom stereocenters. The van der Waals surface area contributed by atoms with E-state index in [1.807, 2.05) is 37.3 Å². The molecule has 26 heavy (non-hydrogen) atoms. The highest BCUT2D eigenvalue weighted by Crippen LogP contribution is 2.38. The van der Waals surface area contributed by atoms with E-state index in [1.165, 1.54) is 4.41 Å². The number of carbonyl (C=O) groups excluding carboxylic acids is 1. The monoisotopic (exact) mass is 370 g/mol. The van der Waals surface area contributed by atoms with Crippen LogP contribution >= 0.6 is 0 Å². The minimum absolute atomic E-state index is 0.131. The number of hydrazine groups is 1. The number of hydrogen-bond donors (Lipinski definition) is 0. The molecule has 2 bridgehead atoms. The Morgan fingerprint density at radius 1 is 0.962 bits per heavy atom. The molecule has 0 radical (unpaired) electrons. The topological polar surface area (TPSA) is 57.7 Å². The number of carbonyl (C=O) groups is 1. The summed E-state index contributed by atoms with van der Waals surface area (Å²) >= 11 is 0. The number of hydrogen-bond acceptors (Lipinski definition) is 4. The van der Waals surface area contributed by atoms with Gasteiger partial charge >= 0.3 is 0 Å². The predicted molar refractivity (Wildman–Crippen MR) is 100 cm³/mol. The Hall–Kier alpha value is -2.18. The van der Waals surface area contributed by atoms with E-state index in [1.54, 1.807) is 29.3 Å². The number of rotatable bonds is 3. The van der Waals surface area contributed by atoms with E-state index in [4.69, 9.17) is 0 Å². The molecule has 0 aromatic heterocycles. The number of sulfonamides is 1. The van der Waals surface area contributed by atoms with Crippen molar-refractivity contribution in [1.82, 2.24) is 4.41 Å². The SMILES string of the molecule is Cc1ccc(S(=O)(=O)N2[C@@H]3CCC[C@@H](C(=O)C3)N2c2ccccc2)cc1. The Kier molecular flexibility index (Phi) is 4.32. The number of nitrogens with zero attached hydrogens (tertiary/aromatic N) is 2. The third kappa shape index (κ3) is 2.83. The molecule has 3 fully saturated rings. The van der Waals surface area contributed by atoms with Crippen LogP contribution in [0, 0.1) is 6.92 Å². The molecule has 136 valence electrons. The molecule has 2 atom stereocenters. The van der Waals surface area contributed by atoms with Crippen molar-refractivity contribution in [2.75, 3.05) is 5.01 Å². The summed E-state index contributed by atoms with van der Waals surface area (Å²) in [6, 6.07) is 15.5. The van der Waals surface area contributed by atoms with Crippen molar-refractivity contribution in [3.63, 3.8) is 0 Å². The molecule has 5 nitrogen and oxygen atoms in total. The van der Waals surface area contributed by atoms with Gasteiger partial charge in [0.1, 0.15) is 6.04 Å². The van der Waals surface area contributed by atoms with E-state index in [9.17, 15) is 13.2 Å². The zero-order chi connectivity index (χ0) is 18.3. The van der Waals surface area contributed by atoms with E-state index in [0.717, 1.165) is 17.7 Å². The van der Waals surface area contributed by atoms with Crippen molar-refractivity contribution in [3.8, 4) is 0 Å². The van der Waals surface area contributed by atoms with Crippen LogP contribution in [0.5, 0.6) is 0 Å². The van der Waals surface area contributed by atoms with Crippen LogP contribution in [0.1, 0.15) is 31.2 Å². The highest BCUT2D eigenvalue weighted by Gasteiger charge is 2.48. The lowest BCUT2D eigenvalue weighted by atomic mass is 10.0. The molecule has 2 aromatic rings. The fourth-order valence-electron chi connectivity index (χ4n) is 3.94. The van der Waals surface area contributed by atoms with E-state index >= 15 is 0 Å². The molecule has 6 heteroatoms. The summed E-state index contributed by atoms with van der Waals surface area (Å²) in [5, 5.41) is 1.72. The fourth-order valence-corrected chi connectivity index (χ4v) is 5.65. The molecule has 0 N–H and O–H groups in total. The minimum atomic E-state index is -3.75. The predicted octanol–water partition coefficient (Wildman–Crippen LogP) is 3.30. The Bertz CT molecular complexity index is 910. The van der Waals surface area contributed by atoms with Crippen LogP contribution in [0.25, 0.3) is 0 Å². The van der Waals surface area contributed by atoms with Crippen molar-refractivity contribution in [2.45, 2.75) is 49.6 Å². The molecular formula is C20H22N2O3S. The zero-order valence-corrected chi connectivity index (χ0v) is 15.5. The molecule has 2 heterocycles. The minimum Gasteiger partial charge on any atom is -0.297 e. The summed E-state index contributed by atoms with van der Waals surface area (Å²) in [6.45, 7) is 1.93. The van der Waals surface area contributed by atoms with Crippen molar-refractivity contribution < 1.29 is 13.2 Å². The van der Waals surface area contributed by atoms with E-state index in [2.05, 4.69) is 0 Å². The standard InChI is InChI=1S/C20H22N2O3S/c1-15-10-12-18(13-11-15)26(24,25)22-17-8-5-9-19(20(23)14-17)21(22)16-6-3-2-4-7-16/h2-4,6-7,10-13,17,19H,5,8-9,14H2,1H3/t17-,19+/m1/s1. The van der Waals surface area contributed by atoms with E-state index in [-0.39, 0.29) is 16.7 Å². The molecule has 0 amide bonds. The van der Waals surface area contributed by atoms with Crippen LogP contribution in [-0.4, -0.2) is 30.7 Å². The van der Waals surface area contributed by atoms with Gasteiger partial charge in [0, 0.05) is 6.42 Å². The lowest BCUT2D eigenvalue weighted by molar-refractivity contribution is -0.123. The highest BCUT2D eigenvalue weighted by atomic mass is 32.2. The normalized spacial score (nSPS) is 23.9. The van der Waals surface area contributed by atoms with Crippen LogP contribution < -0.4 is 5.01 Å². The summed E-state index contributed by atoms with van der Waals surface area (Å²) in [6.07, 6.45) is 2.53. The summed E-state index contributed by atoms with van der Waals surface area (Å²) in [4.78, 5) is 12.9. The average molecular weight is 370 g/mol. The first kappa shape index (κ1) is 17.2. The first-order chi connectivity index (χ1) is 12.5. The van der Waals surface area contributed by atoms with Gasteiger partial charge in [-0.1, -0.05) is 35.9 Å². The maximum Gasteiger partial charge on any atom is 0.260 e. The maximum atomic E-state index is 13.5. The Morgan fingerprint density at radius 2 is 1.65 bits per heavy atom. The number of fused-ring (bicyclic) bond motifs is 4. The third-order valence-corrected chi connectivity index (χ3v) is 7.06. The van der Waals surface area contributed by atoms with Crippen LogP contribution in [0.3, 0.4) is 0 Å². The fraction of sp³-hybridized carbons (Fsp3) is 0.350. The Labute approximate surface area is 154 Å². The first-order valence-electron chi connectivity index (χ1n) is 8.96. The van der Waals surface area contributed by atoms with Crippen LogP contribution in [0.15, 0.2) is 59.5 Å². The van der Waals surface area contributed by atoms with Gasteiger partial charge in [0.15, 0.2) is 5.78 Å². The second-order valence-corrected chi connectivity index (χ2v) is 8.84. The van der Waals surface area contributed by atoms with Gasteiger partial charge < -0.3 is 0 Å².